The van der Waals surface area contributed by atoms with Crippen LogP contribution < -0.4 is 0 Å². The summed E-state index contributed by atoms with van der Waals surface area (Å²) in [6, 6.07) is 170. The lowest BCUT2D eigenvalue weighted by molar-refractivity contribution is 0.669. The molecule has 0 unspecified atom stereocenters. The van der Waals surface area contributed by atoms with E-state index in [1.807, 2.05) is 0 Å². The molecule has 6 nitrogen and oxygen atoms in total. The molecule has 0 fully saturated rings. The van der Waals surface area contributed by atoms with Gasteiger partial charge < -0.3 is 26.5 Å². The maximum absolute atomic E-state index is 6.48. The van der Waals surface area contributed by atoms with Gasteiger partial charge in [-0.25, -0.2) is 0 Å². The summed E-state index contributed by atoms with van der Waals surface area (Å²) < 4.78 is 38.4. The molecule has 0 atom stereocenters. The molecule has 0 saturated carbocycles. The van der Waals surface area contributed by atoms with Crippen LogP contribution in [0.3, 0.4) is 0 Å². The monoisotopic (exact) mass is 1830 g/mol. The first kappa shape index (κ1) is 79.9. The lowest BCUT2D eigenvalue weighted by atomic mass is 9.85. The van der Waals surface area contributed by atoms with Crippen LogP contribution in [-0.2, 0) is 0 Å². The Kier molecular flexibility index (Phi) is 17.3. The highest BCUT2D eigenvalue weighted by atomic mass is 16.3. The van der Waals surface area contributed by atoms with E-state index in [2.05, 4.69) is 473 Å². The zero-order valence-corrected chi connectivity index (χ0v) is 77.5. The van der Waals surface area contributed by atoms with Crippen LogP contribution in [0, 0.1) is 0 Å². The van der Waals surface area contributed by atoms with Crippen molar-refractivity contribution in [1.29, 1.82) is 0 Å². The zero-order chi connectivity index (χ0) is 94.0. The molecule has 0 bridgehead atoms. The van der Waals surface area contributed by atoms with E-state index in [-0.39, 0.29) is 0 Å². The van der Waals surface area contributed by atoms with Crippen molar-refractivity contribution in [3.63, 3.8) is 0 Å². The van der Waals surface area contributed by atoms with E-state index >= 15 is 0 Å². The Labute approximate surface area is 821 Å². The summed E-state index contributed by atoms with van der Waals surface area (Å²) in [5, 5.41) is 42.8. The Morgan fingerprint density at radius 2 is 0.285 bits per heavy atom. The summed E-state index contributed by atoms with van der Waals surface area (Å²) >= 11 is 0. The van der Waals surface area contributed by atoms with Crippen molar-refractivity contribution in [2.75, 3.05) is 0 Å². The number of benzene rings is 27. The normalized spacial score (nSPS) is 12.2. The largest absolute Gasteiger partial charge is 0.456 e. The molecule has 0 spiro atoms. The van der Waals surface area contributed by atoms with Crippen LogP contribution in [0.15, 0.2) is 500 Å². The predicted octanol–water partition coefficient (Wildman–Crippen LogP) is 40.3. The highest BCUT2D eigenvalue weighted by Gasteiger charge is 2.27. The van der Waals surface area contributed by atoms with Gasteiger partial charge in [0.25, 0.3) is 0 Å². The van der Waals surface area contributed by atoms with E-state index in [4.69, 9.17) is 26.5 Å². The van der Waals surface area contributed by atoms with Gasteiger partial charge in [0, 0.05) is 70.0 Å². The third-order valence-corrected chi connectivity index (χ3v) is 30.6. The Morgan fingerprint density at radius 1 is 0.0972 bits per heavy atom. The number of hydrogen-bond acceptors (Lipinski definition) is 6. The fourth-order valence-electron chi connectivity index (χ4n) is 24.1. The second-order valence-electron chi connectivity index (χ2n) is 38.5. The minimum absolute atomic E-state index is 0.905. The predicted molar refractivity (Wildman–Crippen MR) is 606 cm³/mol. The van der Waals surface area contributed by atoms with Gasteiger partial charge in [-0.05, 0) is 324 Å². The molecule has 27 aromatic carbocycles. The second kappa shape index (κ2) is 31.2. The molecule has 0 N–H and O–H groups in total. The average molecular weight is 1830 g/mol. The number of rotatable bonds is 6. The molecule has 0 amide bonds. The molecule has 33 rings (SSSR count). The third kappa shape index (κ3) is 12.3. The van der Waals surface area contributed by atoms with Gasteiger partial charge in [0.05, 0.1) is 0 Å². The van der Waals surface area contributed by atoms with Gasteiger partial charge in [-0.15, -0.1) is 0 Å². The van der Waals surface area contributed by atoms with Crippen molar-refractivity contribution >= 4 is 261 Å². The van der Waals surface area contributed by atoms with E-state index in [0.29, 0.717) is 0 Å². The van der Waals surface area contributed by atoms with Gasteiger partial charge in [0.1, 0.15) is 67.0 Å². The summed E-state index contributed by atoms with van der Waals surface area (Å²) in [6.45, 7) is 0. The molecule has 0 aliphatic heterocycles. The Morgan fingerprint density at radius 3 is 0.569 bits per heavy atom. The summed E-state index contributed by atoms with van der Waals surface area (Å²) in [4.78, 5) is 0. The molecule has 6 aromatic heterocycles. The summed E-state index contributed by atoms with van der Waals surface area (Å²) in [6.07, 6.45) is 0. The van der Waals surface area contributed by atoms with E-state index in [1.54, 1.807) is 0 Å². The standard InChI is InChI=1S/3C46H26O2/c1-3-11-29-25-43-39(21-27(29)9-1)37-23-31(17-19-41(37)47-43)45-33-13-5-7-15-35(33)46(36-16-8-6-14-34(36)45)32-18-20-42-38(24-32)40-22-28-10-2-4-12-30(28)26-44(40)48-42;1-2-11-29-26-43-38(23-28(29)10-1)37-24-30(18-20-40(37)48-43)44-33-13-5-7-15-35(33)45(36-16-8-6-14-34(36)44)31-19-21-41-39(25-31)46-32-12-4-3-9-27(32)17-22-42(46)47-41;1-2-11-29-26-43-40(23-28(29)10-1)39-25-31(18-21-41(39)47-43)45-35-15-7-5-13-33(35)44(34-14-6-8-16-36(34)45)30-19-22-42-38(24-30)37-20-17-27-9-3-4-12-32(27)46(37)48-42/h3*1-26H. The molecule has 144 heavy (non-hydrogen) atoms. The van der Waals surface area contributed by atoms with Crippen LogP contribution in [0.1, 0.15) is 0 Å². The molecule has 33 aromatic rings. The van der Waals surface area contributed by atoms with Crippen molar-refractivity contribution in [2.45, 2.75) is 0 Å². The van der Waals surface area contributed by atoms with Crippen LogP contribution >= 0.6 is 0 Å². The Bertz CT molecular complexity index is 10600. The number of furan rings is 6. The third-order valence-electron chi connectivity index (χ3n) is 30.6. The molecule has 6 heteroatoms. The van der Waals surface area contributed by atoms with E-state index < -0.39 is 0 Å². The van der Waals surface area contributed by atoms with Gasteiger partial charge in [-0.2, -0.15) is 0 Å². The van der Waals surface area contributed by atoms with Crippen molar-refractivity contribution in [3.05, 3.63) is 473 Å². The zero-order valence-electron chi connectivity index (χ0n) is 77.5. The molecular formula is C138H78O6. The lowest BCUT2D eigenvalue weighted by Crippen LogP contribution is -1.90. The molecule has 0 aliphatic carbocycles. The first-order chi connectivity index (χ1) is 71.3. The van der Waals surface area contributed by atoms with Crippen molar-refractivity contribution in [3.8, 4) is 66.8 Å². The Balaban J connectivity index is 0.0000000986. The minimum Gasteiger partial charge on any atom is -0.456 e. The topological polar surface area (TPSA) is 78.8 Å². The van der Waals surface area contributed by atoms with Crippen LogP contribution in [0.4, 0.5) is 0 Å². The smallest absolute Gasteiger partial charge is 0.143 e. The Hall–Kier alpha value is -19.1. The fourth-order valence-corrected chi connectivity index (χ4v) is 24.1. The first-order valence-corrected chi connectivity index (χ1v) is 49.2. The SMILES string of the molecule is c1ccc2cc3c(cc2c1)oc1ccc(-c2c4ccccc4c(-c4ccc5oc6c7ccccc7ccc6c5c4)c4ccccc24)cc13.c1ccc2cc3c(cc2c1)oc1ccc(-c2c4ccccc4c(-c4ccc5oc6cc7ccccc7cc6c5c4)c4ccccc24)cc13.c1ccc2cc3c(cc2c1)oc1ccc(-c2c4ccccc4c(-c4ccc5oc6ccc7ccccc7c6c5c4)c4ccccc24)cc13. The van der Waals surface area contributed by atoms with Crippen molar-refractivity contribution in [1.82, 2.24) is 0 Å². The van der Waals surface area contributed by atoms with Crippen molar-refractivity contribution in [2.24, 2.45) is 0 Å². The van der Waals surface area contributed by atoms with Gasteiger partial charge in [0.15, 0.2) is 0 Å². The molecule has 0 radical (unpaired) electrons. The maximum atomic E-state index is 6.48. The maximum Gasteiger partial charge on any atom is 0.143 e. The summed E-state index contributed by atoms with van der Waals surface area (Å²) in [5.41, 5.74) is 25.5. The molecule has 0 aliphatic rings. The number of hydrogen-bond donors (Lipinski definition) is 0. The van der Waals surface area contributed by atoms with Crippen LogP contribution in [-0.4, -0.2) is 0 Å². The lowest BCUT2D eigenvalue weighted by Gasteiger charge is -2.18. The van der Waals surface area contributed by atoms with E-state index in [1.165, 1.54) is 196 Å². The fraction of sp³-hybridized carbons (Fsp3) is 0. The first-order valence-electron chi connectivity index (χ1n) is 49.2. The van der Waals surface area contributed by atoms with Crippen LogP contribution in [0.25, 0.3) is 328 Å². The van der Waals surface area contributed by atoms with Crippen molar-refractivity contribution < 1.29 is 26.5 Å². The highest BCUT2D eigenvalue weighted by Crippen LogP contribution is 2.53. The number of fused-ring (bicyclic) bond motifs is 32. The highest BCUT2D eigenvalue weighted by molar-refractivity contribution is 6.30. The van der Waals surface area contributed by atoms with Crippen LogP contribution in [0.2, 0.25) is 0 Å². The van der Waals surface area contributed by atoms with E-state index in [9.17, 15) is 0 Å². The van der Waals surface area contributed by atoms with Gasteiger partial charge >= 0.3 is 0 Å². The van der Waals surface area contributed by atoms with Gasteiger partial charge in [0.2, 0.25) is 0 Å². The summed E-state index contributed by atoms with van der Waals surface area (Å²) in [5.74, 6) is 0. The summed E-state index contributed by atoms with van der Waals surface area (Å²) in [7, 11) is 0. The van der Waals surface area contributed by atoms with Gasteiger partial charge in [-0.1, -0.05) is 340 Å². The molecule has 6 heterocycles. The van der Waals surface area contributed by atoms with Crippen LogP contribution in [0.5, 0.6) is 0 Å². The minimum atomic E-state index is 0.905. The van der Waals surface area contributed by atoms with E-state index in [0.717, 1.165) is 132 Å². The molecule has 666 valence electrons. The van der Waals surface area contributed by atoms with Gasteiger partial charge in [-0.3, -0.25) is 0 Å². The quantitative estimate of drug-likeness (QED) is 0.154. The second-order valence-corrected chi connectivity index (χ2v) is 38.5. The molecule has 0 saturated heterocycles. The average Bonchev–Trinajstić information content (AvgIpc) is 1.06. The molecular weight excluding hydrogens is 1750 g/mol.